The van der Waals surface area contributed by atoms with Crippen LogP contribution in [0.15, 0.2) is 64.2 Å². The van der Waals surface area contributed by atoms with Gasteiger partial charge in [-0.3, -0.25) is 19.1 Å². The maximum absolute atomic E-state index is 12.6. The molecule has 2 aromatic carbocycles. The molecule has 0 radical (unpaired) electrons. The third-order valence-electron chi connectivity index (χ3n) is 4.71. The lowest BCUT2D eigenvalue weighted by Crippen LogP contribution is -2.34. The van der Waals surface area contributed by atoms with E-state index in [4.69, 9.17) is 9.47 Å². The van der Waals surface area contributed by atoms with Gasteiger partial charge in [-0.25, -0.2) is 4.79 Å². The van der Waals surface area contributed by atoms with Crippen LogP contribution in [0.3, 0.4) is 0 Å². The van der Waals surface area contributed by atoms with Gasteiger partial charge in [-0.15, -0.1) is 0 Å². The van der Waals surface area contributed by atoms with Crippen molar-refractivity contribution < 1.29 is 19.4 Å². The van der Waals surface area contributed by atoms with Gasteiger partial charge in [0, 0.05) is 6.54 Å². The molecule has 8 heteroatoms. The van der Waals surface area contributed by atoms with E-state index in [2.05, 4.69) is 4.98 Å². The molecule has 0 fully saturated rings. The molecule has 152 valence electrons. The monoisotopic (exact) mass is 406 g/mol. The Kier molecular flexibility index (Phi) is 5.21. The molecule has 0 amide bonds. The second-order valence-electron chi connectivity index (χ2n) is 6.66. The van der Waals surface area contributed by atoms with E-state index in [-0.39, 0.29) is 13.3 Å². The number of hydrogen-bond donors (Lipinski definition) is 2. The van der Waals surface area contributed by atoms with Gasteiger partial charge < -0.3 is 14.6 Å². The lowest BCUT2D eigenvalue weighted by molar-refractivity contribution is 0.104. The van der Waals surface area contributed by atoms with Gasteiger partial charge in [-0.2, -0.15) is 0 Å². The van der Waals surface area contributed by atoms with Crippen LogP contribution in [-0.4, -0.2) is 27.2 Å². The van der Waals surface area contributed by atoms with E-state index < -0.39 is 28.5 Å². The second-order valence-corrected chi connectivity index (χ2v) is 6.66. The van der Waals surface area contributed by atoms with Gasteiger partial charge in [0.05, 0.1) is 0 Å². The first kappa shape index (κ1) is 19.3. The SMILES string of the molecule is O=C(C=Cc1ccc2c(c1)OCO2)c1c(O)n(CCc2ccccc2)c(=O)[nH]c1=O. The van der Waals surface area contributed by atoms with Gasteiger partial charge in [-0.1, -0.05) is 42.5 Å². The first-order chi connectivity index (χ1) is 14.5. The Bertz CT molecular complexity index is 1240. The fraction of sp³-hybridized carbons (Fsp3) is 0.136. The Morgan fingerprint density at radius 2 is 1.87 bits per heavy atom. The highest BCUT2D eigenvalue weighted by Gasteiger charge is 2.19. The van der Waals surface area contributed by atoms with Crippen molar-refractivity contribution in [2.75, 3.05) is 6.79 Å². The average molecular weight is 406 g/mol. The van der Waals surface area contributed by atoms with Gasteiger partial charge >= 0.3 is 5.69 Å². The molecule has 30 heavy (non-hydrogen) atoms. The first-order valence-electron chi connectivity index (χ1n) is 9.25. The Hall–Kier alpha value is -4.07. The fourth-order valence-corrected chi connectivity index (χ4v) is 3.15. The smallest absolute Gasteiger partial charge is 0.331 e. The van der Waals surface area contributed by atoms with Crippen LogP contribution in [0, 0.1) is 0 Å². The number of carbonyl (C=O) groups is 1. The molecule has 0 saturated carbocycles. The lowest BCUT2D eigenvalue weighted by Gasteiger charge is -2.10. The van der Waals surface area contributed by atoms with Crippen LogP contribution in [0.1, 0.15) is 21.5 Å². The summed E-state index contributed by atoms with van der Waals surface area (Å²) >= 11 is 0. The van der Waals surface area contributed by atoms with Crippen LogP contribution in [0.5, 0.6) is 17.4 Å². The predicted octanol–water partition coefficient (Wildman–Crippen LogP) is 2.11. The normalized spacial score (nSPS) is 12.4. The van der Waals surface area contributed by atoms with E-state index in [0.29, 0.717) is 23.5 Å². The van der Waals surface area contributed by atoms with Gasteiger partial charge in [-0.05, 0) is 35.8 Å². The van der Waals surface area contributed by atoms with E-state index in [1.807, 2.05) is 30.3 Å². The van der Waals surface area contributed by atoms with Crippen LogP contribution in [0.4, 0.5) is 0 Å². The maximum Gasteiger partial charge on any atom is 0.331 e. The van der Waals surface area contributed by atoms with E-state index in [9.17, 15) is 19.5 Å². The van der Waals surface area contributed by atoms with Crippen LogP contribution < -0.4 is 20.7 Å². The summed E-state index contributed by atoms with van der Waals surface area (Å²) in [5, 5.41) is 10.5. The van der Waals surface area contributed by atoms with Crippen LogP contribution >= 0.6 is 0 Å². The number of nitrogens with zero attached hydrogens (tertiary/aromatic N) is 1. The minimum absolute atomic E-state index is 0.109. The van der Waals surface area contributed by atoms with Crippen molar-refractivity contribution in [2.45, 2.75) is 13.0 Å². The van der Waals surface area contributed by atoms with E-state index in [0.717, 1.165) is 16.2 Å². The number of allylic oxidation sites excluding steroid dienone is 1. The topological polar surface area (TPSA) is 111 Å². The van der Waals surface area contributed by atoms with Crippen molar-refractivity contribution in [3.05, 3.63) is 92.1 Å². The molecule has 8 nitrogen and oxygen atoms in total. The number of ether oxygens (including phenoxy) is 2. The predicted molar refractivity (Wildman–Crippen MR) is 109 cm³/mol. The van der Waals surface area contributed by atoms with E-state index >= 15 is 0 Å². The number of H-pyrrole nitrogens is 1. The highest BCUT2D eigenvalue weighted by Crippen LogP contribution is 2.32. The first-order valence-corrected chi connectivity index (χ1v) is 9.25. The molecule has 0 atom stereocenters. The number of fused-ring (bicyclic) bond motifs is 1. The van der Waals surface area contributed by atoms with E-state index in [1.54, 1.807) is 18.2 Å². The number of nitrogens with one attached hydrogen (secondary N) is 1. The number of aromatic hydroxyl groups is 1. The third-order valence-corrected chi connectivity index (χ3v) is 4.71. The van der Waals surface area contributed by atoms with Crippen LogP contribution in [0.2, 0.25) is 0 Å². The van der Waals surface area contributed by atoms with Crippen molar-refractivity contribution in [3.63, 3.8) is 0 Å². The maximum atomic E-state index is 12.6. The number of aromatic amines is 1. The Morgan fingerprint density at radius 3 is 2.67 bits per heavy atom. The van der Waals surface area contributed by atoms with Crippen LogP contribution in [0.25, 0.3) is 6.08 Å². The molecule has 1 aliphatic rings. The van der Waals surface area contributed by atoms with Crippen LogP contribution in [-0.2, 0) is 13.0 Å². The summed E-state index contributed by atoms with van der Waals surface area (Å²) in [5.74, 6) is -0.210. The minimum Gasteiger partial charge on any atom is -0.494 e. The molecule has 0 bridgehead atoms. The zero-order valence-corrected chi connectivity index (χ0v) is 15.8. The summed E-state index contributed by atoms with van der Waals surface area (Å²) in [6, 6.07) is 14.5. The summed E-state index contributed by atoms with van der Waals surface area (Å²) in [4.78, 5) is 39.0. The summed E-state index contributed by atoms with van der Waals surface area (Å²) in [6.45, 7) is 0.243. The molecule has 3 aromatic rings. The largest absolute Gasteiger partial charge is 0.494 e. The molecule has 0 saturated heterocycles. The molecular weight excluding hydrogens is 388 g/mol. The summed E-state index contributed by atoms with van der Waals surface area (Å²) < 4.78 is 11.5. The minimum atomic E-state index is -0.936. The number of benzene rings is 2. The molecular formula is C22H18N2O6. The fourth-order valence-electron chi connectivity index (χ4n) is 3.15. The van der Waals surface area contributed by atoms with E-state index in [1.165, 1.54) is 6.08 Å². The number of carbonyl (C=O) groups excluding carboxylic acids is 1. The van der Waals surface area contributed by atoms with Gasteiger partial charge in [0.1, 0.15) is 5.56 Å². The van der Waals surface area contributed by atoms with Crippen molar-refractivity contribution in [1.29, 1.82) is 0 Å². The molecule has 2 N–H and O–H groups in total. The molecule has 0 aliphatic carbocycles. The number of ketones is 1. The van der Waals surface area contributed by atoms with Gasteiger partial charge in [0.15, 0.2) is 17.3 Å². The van der Waals surface area contributed by atoms with Crippen molar-refractivity contribution in [3.8, 4) is 17.4 Å². The van der Waals surface area contributed by atoms with Crippen molar-refractivity contribution in [1.82, 2.24) is 9.55 Å². The average Bonchev–Trinajstić information content (AvgIpc) is 3.20. The number of rotatable bonds is 6. The quantitative estimate of drug-likeness (QED) is 0.479. The molecule has 1 aliphatic heterocycles. The number of hydrogen-bond acceptors (Lipinski definition) is 6. The Balaban J connectivity index is 1.59. The molecule has 0 unspecified atom stereocenters. The summed E-state index contributed by atoms with van der Waals surface area (Å²) in [5.41, 5.74) is -0.593. The Labute approximate surface area is 170 Å². The second kappa shape index (κ2) is 8.12. The van der Waals surface area contributed by atoms with Gasteiger partial charge in [0.2, 0.25) is 12.7 Å². The zero-order chi connectivity index (χ0) is 21.1. The summed E-state index contributed by atoms with van der Waals surface area (Å²) in [6.07, 6.45) is 3.09. The molecule has 1 aromatic heterocycles. The third kappa shape index (κ3) is 3.88. The number of aromatic nitrogens is 2. The van der Waals surface area contributed by atoms with Crippen molar-refractivity contribution >= 4 is 11.9 Å². The van der Waals surface area contributed by atoms with Gasteiger partial charge in [0.25, 0.3) is 5.56 Å². The zero-order valence-electron chi connectivity index (χ0n) is 15.8. The van der Waals surface area contributed by atoms with Crippen molar-refractivity contribution in [2.24, 2.45) is 0 Å². The highest BCUT2D eigenvalue weighted by atomic mass is 16.7. The molecule has 2 heterocycles. The highest BCUT2D eigenvalue weighted by molar-refractivity contribution is 6.08. The lowest BCUT2D eigenvalue weighted by atomic mass is 10.1. The molecule has 4 rings (SSSR count). The summed E-state index contributed by atoms with van der Waals surface area (Å²) in [7, 11) is 0. The number of aryl methyl sites for hydroxylation is 1. The molecule has 0 spiro atoms. The standard InChI is InChI=1S/C22H18N2O6/c25-16(8-6-15-7-9-17-18(12-15)30-13-29-17)19-20(26)23-22(28)24(21(19)27)11-10-14-4-2-1-3-5-14/h1-9,12,27H,10-11,13H2,(H,23,26,28). The Morgan fingerprint density at radius 1 is 1.10 bits per heavy atom.